The van der Waals surface area contributed by atoms with Gasteiger partial charge in [-0.3, -0.25) is 0 Å². The van der Waals surface area contributed by atoms with Gasteiger partial charge in [-0.2, -0.15) is 0 Å². The molecular formula is C44H44O2P2. The molecule has 0 heterocycles. The zero-order valence-corrected chi connectivity index (χ0v) is 29.5. The van der Waals surface area contributed by atoms with E-state index in [0.717, 1.165) is 49.4 Å². The van der Waals surface area contributed by atoms with Gasteiger partial charge in [-0.15, -0.1) is 0 Å². The lowest BCUT2D eigenvalue weighted by Gasteiger charge is -2.21. The fourth-order valence-electron chi connectivity index (χ4n) is 6.52. The average Bonchev–Trinajstić information content (AvgIpc) is 3.17. The smallest absolute Gasteiger partial charge is 0.171 e. The minimum absolute atomic E-state index is 0.800. The van der Waals surface area contributed by atoms with Gasteiger partial charge in [0.15, 0.2) is 14.3 Å². The Balaban J connectivity index is 1.26. The summed E-state index contributed by atoms with van der Waals surface area (Å²) >= 11 is 0. The van der Waals surface area contributed by atoms with E-state index in [1.165, 1.54) is 44.1 Å². The van der Waals surface area contributed by atoms with E-state index in [9.17, 15) is 4.57 Å². The maximum Gasteiger partial charge on any atom is 0.171 e. The maximum absolute atomic E-state index is 15.1. The summed E-state index contributed by atoms with van der Waals surface area (Å²) < 4.78 is 29.9. The van der Waals surface area contributed by atoms with Crippen LogP contribution in [0.2, 0.25) is 0 Å². The average molecular weight is 667 g/mol. The molecule has 0 radical (unpaired) electrons. The van der Waals surface area contributed by atoms with Crippen LogP contribution in [0.4, 0.5) is 0 Å². The first-order valence-electron chi connectivity index (χ1n) is 17.2. The highest BCUT2D eigenvalue weighted by atomic mass is 31.2. The molecular weight excluding hydrogens is 622 g/mol. The molecule has 0 aromatic heterocycles. The molecule has 6 rings (SSSR count). The van der Waals surface area contributed by atoms with Crippen LogP contribution in [0.5, 0.6) is 0 Å². The Bertz CT molecular complexity index is 1930. The van der Waals surface area contributed by atoms with Gasteiger partial charge >= 0.3 is 0 Å². The standard InChI is InChI=1S/C44H44O2P2/c1-2-3-4-5-6-10-17-36-24-30-42(31-25-36)48(46,41-22-15-9-16-23-41)44-34-28-38(29-35-44)37-26-32-43(33-27-37)47(45,39-18-11-7-12-19-39)40-20-13-8-14-21-40/h7-9,11-16,18-35H,2-6,10,17H2,1H3. The second kappa shape index (κ2) is 15.8. The van der Waals surface area contributed by atoms with Gasteiger partial charge in [-0.1, -0.05) is 203 Å². The first kappa shape index (κ1) is 33.7. The third kappa shape index (κ3) is 7.27. The molecule has 48 heavy (non-hydrogen) atoms. The molecule has 0 spiro atoms. The van der Waals surface area contributed by atoms with Gasteiger partial charge in [-0.25, -0.2) is 0 Å². The SMILES string of the molecule is CCCCCCCCc1ccc(P(=O)(c2ccccc2)c2ccc(-c3ccc(P(=O)(c4ccccc4)c4ccccc4)cc3)cc2)cc1. The van der Waals surface area contributed by atoms with Gasteiger partial charge < -0.3 is 9.13 Å². The molecule has 0 fully saturated rings. The molecule has 0 aliphatic rings. The number of rotatable bonds is 14. The van der Waals surface area contributed by atoms with Crippen molar-refractivity contribution in [2.75, 3.05) is 0 Å². The fourth-order valence-corrected chi connectivity index (χ4v) is 11.8. The van der Waals surface area contributed by atoms with E-state index in [-0.39, 0.29) is 0 Å². The summed E-state index contributed by atoms with van der Waals surface area (Å²) in [5, 5.41) is 4.95. The monoisotopic (exact) mass is 666 g/mol. The Morgan fingerprint density at radius 2 is 0.667 bits per heavy atom. The zero-order valence-electron chi connectivity index (χ0n) is 27.7. The van der Waals surface area contributed by atoms with E-state index in [1.54, 1.807) is 0 Å². The molecule has 4 heteroatoms. The van der Waals surface area contributed by atoms with E-state index in [0.29, 0.717) is 0 Å². The second-order valence-electron chi connectivity index (χ2n) is 12.5. The van der Waals surface area contributed by atoms with Crippen LogP contribution >= 0.6 is 14.3 Å². The number of hydrogen-bond donors (Lipinski definition) is 0. The number of benzene rings is 6. The predicted molar refractivity (Wildman–Crippen MR) is 208 cm³/mol. The maximum atomic E-state index is 15.1. The summed E-state index contributed by atoms with van der Waals surface area (Å²) in [6, 6.07) is 54.0. The summed E-state index contributed by atoms with van der Waals surface area (Å²) in [5.41, 5.74) is 3.34. The van der Waals surface area contributed by atoms with Crippen molar-refractivity contribution in [3.63, 3.8) is 0 Å². The highest BCUT2D eigenvalue weighted by molar-refractivity contribution is 7.85. The van der Waals surface area contributed by atoms with E-state index in [1.807, 2.05) is 127 Å². The van der Waals surface area contributed by atoms with Gasteiger partial charge in [0, 0.05) is 31.8 Å². The van der Waals surface area contributed by atoms with Crippen molar-refractivity contribution < 1.29 is 9.13 Å². The Kier molecular flexibility index (Phi) is 11.1. The second-order valence-corrected chi connectivity index (χ2v) is 18.0. The normalized spacial score (nSPS) is 12.8. The van der Waals surface area contributed by atoms with Crippen LogP contribution in [-0.2, 0) is 15.6 Å². The quantitative estimate of drug-likeness (QED) is 0.0858. The molecule has 0 aliphatic heterocycles. The third-order valence-electron chi connectivity index (χ3n) is 9.27. The molecule has 242 valence electrons. The van der Waals surface area contributed by atoms with Crippen LogP contribution in [0.3, 0.4) is 0 Å². The van der Waals surface area contributed by atoms with Crippen LogP contribution < -0.4 is 31.8 Å². The van der Waals surface area contributed by atoms with Crippen LogP contribution in [0, 0.1) is 0 Å². The van der Waals surface area contributed by atoms with E-state index >= 15 is 4.57 Å². The first-order chi connectivity index (χ1) is 23.5. The Labute approximate surface area is 286 Å². The minimum atomic E-state index is -3.09. The lowest BCUT2D eigenvalue weighted by atomic mass is 10.1. The number of unbranched alkanes of at least 4 members (excludes halogenated alkanes) is 5. The molecule has 1 unspecified atom stereocenters. The van der Waals surface area contributed by atoms with Crippen LogP contribution in [0.15, 0.2) is 164 Å². The number of hydrogen-bond acceptors (Lipinski definition) is 2. The van der Waals surface area contributed by atoms with Crippen molar-refractivity contribution in [1.82, 2.24) is 0 Å². The topological polar surface area (TPSA) is 34.1 Å². The number of aryl methyl sites for hydroxylation is 1. The fraction of sp³-hybridized carbons (Fsp3) is 0.182. The third-order valence-corrected chi connectivity index (χ3v) is 15.4. The van der Waals surface area contributed by atoms with Gasteiger partial charge in [0.05, 0.1) is 0 Å². The van der Waals surface area contributed by atoms with Crippen LogP contribution in [0.1, 0.15) is 51.0 Å². The van der Waals surface area contributed by atoms with Crippen molar-refractivity contribution in [1.29, 1.82) is 0 Å². The Morgan fingerprint density at radius 1 is 0.354 bits per heavy atom. The molecule has 0 saturated carbocycles. The minimum Gasteiger partial charge on any atom is -0.309 e. The predicted octanol–water partition coefficient (Wildman–Crippen LogP) is 9.54. The molecule has 6 aromatic carbocycles. The van der Waals surface area contributed by atoms with E-state index in [2.05, 4.69) is 43.3 Å². The lowest BCUT2D eigenvalue weighted by Crippen LogP contribution is -2.25. The van der Waals surface area contributed by atoms with Crippen molar-refractivity contribution >= 4 is 46.1 Å². The molecule has 0 bridgehead atoms. The van der Waals surface area contributed by atoms with Crippen molar-refractivity contribution in [3.8, 4) is 11.1 Å². The highest BCUT2D eigenvalue weighted by Gasteiger charge is 2.31. The Morgan fingerprint density at radius 3 is 1.04 bits per heavy atom. The molecule has 2 nitrogen and oxygen atoms in total. The summed E-state index contributed by atoms with van der Waals surface area (Å²) in [7, 11) is -6.13. The summed E-state index contributed by atoms with van der Waals surface area (Å²) in [5.74, 6) is 0. The molecule has 0 amide bonds. The van der Waals surface area contributed by atoms with Crippen molar-refractivity contribution in [2.45, 2.75) is 51.9 Å². The lowest BCUT2D eigenvalue weighted by molar-refractivity contribution is 0.591. The first-order valence-corrected chi connectivity index (χ1v) is 20.6. The van der Waals surface area contributed by atoms with Gasteiger partial charge in [0.1, 0.15) is 0 Å². The zero-order chi connectivity index (χ0) is 33.2. The van der Waals surface area contributed by atoms with Crippen molar-refractivity contribution in [2.24, 2.45) is 0 Å². The molecule has 0 saturated heterocycles. The summed E-state index contributed by atoms with van der Waals surface area (Å²) in [6.45, 7) is 2.25. The van der Waals surface area contributed by atoms with Gasteiger partial charge in [0.25, 0.3) is 0 Å². The van der Waals surface area contributed by atoms with Gasteiger partial charge in [-0.05, 0) is 29.5 Å². The molecule has 0 aliphatic carbocycles. The van der Waals surface area contributed by atoms with Crippen LogP contribution in [-0.4, -0.2) is 0 Å². The van der Waals surface area contributed by atoms with Crippen LogP contribution in [0.25, 0.3) is 11.1 Å². The molecule has 0 N–H and O–H groups in total. The van der Waals surface area contributed by atoms with E-state index in [4.69, 9.17) is 0 Å². The van der Waals surface area contributed by atoms with Crippen molar-refractivity contribution in [3.05, 3.63) is 169 Å². The largest absolute Gasteiger partial charge is 0.309 e. The Hall–Kier alpha value is -4.22. The highest BCUT2D eigenvalue weighted by Crippen LogP contribution is 2.44. The molecule has 6 aromatic rings. The van der Waals surface area contributed by atoms with Gasteiger partial charge in [0.2, 0.25) is 0 Å². The van der Waals surface area contributed by atoms with E-state index < -0.39 is 14.3 Å². The molecule has 1 atom stereocenters. The summed E-state index contributed by atoms with van der Waals surface area (Å²) in [4.78, 5) is 0. The summed E-state index contributed by atoms with van der Waals surface area (Å²) in [6.07, 6.45) is 8.73.